The van der Waals surface area contributed by atoms with Gasteiger partial charge in [0.25, 0.3) is 11.6 Å². The normalized spacial score (nSPS) is 11.8. The van der Waals surface area contributed by atoms with Gasteiger partial charge in [0.15, 0.2) is 6.10 Å². The minimum absolute atomic E-state index is 0.0256. The molecule has 0 unspecified atom stereocenters. The molecule has 28 heavy (non-hydrogen) atoms. The Morgan fingerprint density at radius 3 is 2.39 bits per heavy atom. The summed E-state index contributed by atoms with van der Waals surface area (Å²) in [6.07, 6.45) is -1.11. The number of carbonyl (C=O) groups is 1. The van der Waals surface area contributed by atoms with Crippen molar-refractivity contribution in [3.63, 3.8) is 0 Å². The Labute approximate surface area is 155 Å². The fourth-order valence-corrected chi connectivity index (χ4v) is 2.30. The molecule has 2 aromatic carbocycles. The maximum Gasteiger partial charge on any atom is 0.344 e. The van der Waals surface area contributed by atoms with Gasteiger partial charge in [0.1, 0.15) is 17.2 Å². The Morgan fingerprint density at radius 2 is 1.82 bits per heavy atom. The lowest BCUT2D eigenvalue weighted by molar-refractivity contribution is -0.384. The number of benzene rings is 2. The van der Waals surface area contributed by atoms with Crippen LogP contribution in [0.1, 0.15) is 29.3 Å². The molecule has 11 heteroatoms. The van der Waals surface area contributed by atoms with Gasteiger partial charge in [-0.3, -0.25) is 10.1 Å². The highest BCUT2D eigenvalue weighted by atomic mass is 19.1. The Bertz CT molecular complexity index is 1030. The van der Waals surface area contributed by atoms with E-state index < -0.39 is 34.2 Å². The third-order valence-electron chi connectivity index (χ3n) is 3.67. The second-order valence-electron chi connectivity index (χ2n) is 5.66. The molecule has 2 N–H and O–H groups in total. The molecule has 3 rings (SSSR count). The number of nitrogens with zero attached hydrogens (tertiary/aromatic N) is 3. The van der Waals surface area contributed by atoms with Crippen molar-refractivity contribution in [1.29, 1.82) is 0 Å². The van der Waals surface area contributed by atoms with Gasteiger partial charge < -0.3 is 14.9 Å². The molecule has 0 saturated heterocycles. The van der Waals surface area contributed by atoms with Crippen molar-refractivity contribution in [1.82, 2.24) is 10.2 Å². The largest absolute Gasteiger partial charge is 0.449 e. The van der Waals surface area contributed by atoms with Crippen LogP contribution in [0, 0.1) is 21.7 Å². The molecule has 1 heterocycles. The van der Waals surface area contributed by atoms with Gasteiger partial charge in [-0.15, -0.1) is 10.2 Å². The number of nitrogen functional groups attached to an aromatic ring is 1. The first-order chi connectivity index (χ1) is 13.3. The molecule has 9 nitrogen and oxygen atoms in total. The van der Waals surface area contributed by atoms with Crippen molar-refractivity contribution in [2.24, 2.45) is 0 Å². The van der Waals surface area contributed by atoms with Crippen molar-refractivity contribution >= 4 is 17.3 Å². The van der Waals surface area contributed by atoms with E-state index in [4.69, 9.17) is 14.9 Å². The van der Waals surface area contributed by atoms with Gasteiger partial charge in [-0.1, -0.05) is 0 Å². The number of nitrogens with two attached hydrogens (primary N) is 1. The number of nitro groups is 1. The Morgan fingerprint density at radius 1 is 1.21 bits per heavy atom. The summed E-state index contributed by atoms with van der Waals surface area (Å²) < 4.78 is 38.0. The highest BCUT2D eigenvalue weighted by molar-refractivity contribution is 5.90. The first-order valence-corrected chi connectivity index (χ1v) is 7.80. The van der Waals surface area contributed by atoms with Gasteiger partial charge in [-0.05, 0) is 31.2 Å². The summed E-state index contributed by atoms with van der Waals surface area (Å²) in [6.45, 7) is 1.37. The third kappa shape index (κ3) is 3.77. The second kappa shape index (κ2) is 7.39. The average molecular weight is 390 g/mol. The smallest absolute Gasteiger partial charge is 0.344 e. The number of ether oxygens (including phenoxy) is 1. The highest BCUT2D eigenvalue weighted by Crippen LogP contribution is 2.26. The molecule has 0 amide bonds. The summed E-state index contributed by atoms with van der Waals surface area (Å²) in [7, 11) is 0. The van der Waals surface area contributed by atoms with Crippen LogP contribution in [0.3, 0.4) is 0 Å². The van der Waals surface area contributed by atoms with E-state index in [1.54, 1.807) is 0 Å². The molecule has 0 saturated carbocycles. The number of anilines is 1. The van der Waals surface area contributed by atoms with Crippen molar-refractivity contribution in [3.8, 4) is 11.5 Å². The van der Waals surface area contributed by atoms with Gasteiger partial charge in [-0.2, -0.15) is 0 Å². The summed E-state index contributed by atoms with van der Waals surface area (Å²) in [5.41, 5.74) is 4.52. The van der Waals surface area contributed by atoms with Crippen molar-refractivity contribution in [2.45, 2.75) is 13.0 Å². The second-order valence-corrected chi connectivity index (χ2v) is 5.66. The zero-order valence-corrected chi connectivity index (χ0v) is 14.3. The summed E-state index contributed by atoms with van der Waals surface area (Å²) in [6, 6.07) is 6.93. The van der Waals surface area contributed by atoms with E-state index in [0.29, 0.717) is 5.56 Å². The molecule has 3 aromatic rings. The molecule has 1 atom stereocenters. The molecule has 0 aliphatic carbocycles. The van der Waals surface area contributed by atoms with Gasteiger partial charge in [-0.25, -0.2) is 13.6 Å². The van der Waals surface area contributed by atoms with E-state index in [2.05, 4.69) is 10.2 Å². The average Bonchev–Trinajstić information content (AvgIpc) is 3.11. The van der Waals surface area contributed by atoms with Crippen LogP contribution < -0.4 is 5.73 Å². The summed E-state index contributed by atoms with van der Waals surface area (Å²) in [5.74, 6) is -3.69. The van der Waals surface area contributed by atoms with Gasteiger partial charge in [0.05, 0.1) is 4.92 Å². The molecular weight excluding hydrogens is 378 g/mol. The molecular formula is C17H12F2N4O5. The van der Waals surface area contributed by atoms with E-state index in [1.807, 2.05) is 0 Å². The third-order valence-corrected chi connectivity index (χ3v) is 3.67. The predicted molar refractivity (Wildman–Crippen MR) is 91.0 cm³/mol. The van der Waals surface area contributed by atoms with Crippen LogP contribution in [0.5, 0.6) is 0 Å². The fraction of sp³-hybridized carbons (Fsp3) is 0.118. The number of hydrogen-bond acceptors (Lipinski definition) is 8. The monoisotopic (exact) mass is 390 g/mol. The summed E-state index contributed by atoms with van der Waals surface area (Å²) in [4.78, 5) is 22.2. The van der Waals surface area contributed by atoms with Crippen molar-refractivity contribution in [3.05, 3.63) is 69.6 Å². The van der Waals surface area contributed by atoms with Crippen molar-refractivity contribution in [2.75, 3.05) is 5.73 Å². The van der Waals surface area contributed by atoms with E-state index in [0.717, 1.165) is 12.1 Å². The van der Waals surface area contributed by atoms with Crippen LogP contribution in [0.25, 0.3) is 11.5 Å². The topological polar surface area (TPSA) is 134 Å². The first-order valence-electron chi connectivity index (χ1n) is 7.80. The van der Waals surface area contributed by atoms with Gasteiger partial charge in [0.2, 0.25) is 5.89 Å². The predicted octanol–water partition coefficient (Wildman–Crippen LogP) is 3.42. The number of halogens is 2. The summed E-state index contributed by atoms with van der Waals surface area (Å²) in [5, 5.41) is 18.2. The number of rotatable bonds is 5. The van der Waals surface area contributed by atoms with Crippen LogP contribution in [0.15, 0.2) is 40.8 Å². The number of esters is 1. The zero-order valence-electron chi connectivity index (χ0n) is 14.3. The Hall–Kier alpha value is -3.89. The molecule has 144 valence electrons. The fourth-order valence-electron chi connectivity index (χ4n) is 2.30. The molecule has 0 radical (unpaired) electrons. The number of nitro benzene ring substituents is 1. The van der Waals surface area contributed by atoms with E-state index in [9.17, 15) is 23.7 Å². The SMILES string of the molecule is C[C@H](OC(=O)c1c(F)cc(N)cc1F)c1nnc(-c2ccc([N+](=O)[O-])cc2)o1. The van der Waals surface area contributed by atoms with E-state index in [1.165, 1.54) is 31.2 Å². The molecule has 0 fully saturated rings. The number of carbonyl (C=O) groups excluding carboxylic acids is 1. The Balaban J connectivity index is 1.76. The van der Waals surface area contributed by atoms with Crippen LogP contribution in [-0.2, 0) is 4.74 Å². The van der Waals surface area contributed by atoms with Gasteiger partial charge >= 0.3 is 5.97 Å². The maximum absolute atomic E-state index is 13.8. The first kappa shape index (κ1) is 18.9. The number of hydrogen-bond donors (Lipinski definition) is 1. The summed E-state index contributed by atoms with van der Waals surface area (Å²) >= 11 is 0. The molecule has 0 spiro atoms. The standard InChI is InChI=1S/C17H12F2N4O5/c1-8(27-17(24)14-12(18)6-10(20)7-13(14)19)15-21-22-16(28-15)9-2-4-11(5-3-9)23(25)26/h2-8H,20H2,1H3/t8-/m0/s1. The van der Waals surface area contributed by atoms with Crippen LogP contribution in [-0.4, -0.2) is 21.1 Å². The lowest BCUT2D eigenvalue weighted by Crippen LogP contribution is -2.13. The molecule has 0 aliphatic rings. The van der Waals surface area contributed by atoms with E-state index in [-0.39, 0.29) is 23.2 Å². The van der Waals surface area contributed by atoms with E-state index >= 15 is 0 Å². The Kier molecular flexibility index (Phi) is 4.98. The quantitative estimate of drug-likeness (QED) is 0.303. The zero-order chi connectivity index (χ0) is 20.4. The minimum atomic E-state index is -1.27. The minimum Gasteiger partial charge on any atom is -0.449 e. The lowest BCUT2D eigenvalue weighted by atomic mass is 10.2. The van der Waals surface area contributed by atoms with Crippen LogP contribution >= 0.6 is 0 Å². The molecule has 0 aliphatic heterocycles. The molecule has 0 bridgehead atoms. The van der Waals surface area contributed by atoms with Crippen molar-refractivity contribution < 1.29 is 27.7 Å². The lowest BCUT2D eigenvalue weighted by Gasteiger charge is -2.10. The van der Waals surface area contributed by atoms with Crippen LogP contribution in [0.2, 0.25) is 0 Å². The molecule has 1 aromatic heterocycles. The van der Waals surface area contributed by atoms with Gasteiger partial charge in [0, 0.05) is 23.4 Å². The maximum atomic E-state index is 13.8. The van der Waals surface area contributed by atoms with Crippen LogP contribution in [0.4, 0.5) is 20.2 Å². The number of non-ortho nitro benzene ring substituents is 1. The highest BCUT2D eigenvalue weighted by Gasteiger charge is 2.25. The number of aromatic nitrogens is 2.